The van der Waals surface area contributed by atoms with Crippen molar-refractivity contribution in [1.82, 2.24) is 15.0 Å². The minimum Gasteiger partial charge on any atom is -0.450 e. The summed E-state index contributed by atoms with van der Waals surface area (Å²) in [6.45, 7) is 3.02. The second kappa shape index (κ2) is 6.11. The van der Waals surface area contributed by atoms with Gasteiger partial charge >= 0.3 is 5.97 Å². The molecule has 2 N–H and O–H groups in total. The molecule has 7 nitrogen and oxygen atoms in total. The zero-order chi connectivity index (χ0) is 17.3. The van der Waals surface area contributed by atoms with Gasteiger partial charge < -0.3 is 14.7 Å². The van der Waals surface area contributed by atoms with Gasteiger partial charge in [-0.2, -0.15) is 0 Å². The summed E-state index contributed by atoms with van der Waals surface area (Å²) in [5.74, 6) is -0.532. The van der Waals surface area contributed by atoms with E-state index >= 15 is 0 Å². The predicted molar refractivity (Wildman–Crippen MR) is 87.0 cm³/mol. The third-order valence-corrected chi connectivity index (χ3v) is 3.61. The van der Waals surface area contributed by atoms with Crippen molar-refractivity contribution < 1.29 is 14.3 Å². The largest absolute Gasteiger partial charge is 0.450 e. The van der Waals surface area contributed by atoms with Crippen molar-refractivity contribution in [2.45, 2.75) is 20.0 Å². The maximum Gasteiger partial charge on any atom is 0.355 e. The molecule has 0 saturated heterocycles. The average molecular weight is 325 g/mol. The molecule has 3 aromatic rings. The molecule has 24 heavy (non-hydrogen) atoms. The molecule has 122 valence electrons. The third-order valence-electron chi connectivity index (χ3n) is 3.61. The van der Waals surface area contributed by atoms with Crippen molar-refractivity contribution in [2.24, 2.45) is 0 Å². The number of benzene rings is 1. The molecule has 0 bridgehead atoms. The molecule has 2 aromatic heterocycles. The van der Waals surface area contributed by atoms with E-state index in [1.165, 1.54) is 19.2 Å². The summed E-state index contributed by atoms with van der Waals surface area (Å²) < 4.78 is 5.31. The number of fused-ring (bicyclic) bond motifs is 1. The van der Waals surface area contributed by atoms with Gasteiger partial charge in [-0.15, -0.1) is 0 Å². The lowest BCUT2D eigenvalue weighted by molar-refractivity contribution is 0.0314. The van der Waals surface area contributed by atoms with Crippen LogP contribution in [0.4, 0.5) is 0 Å². The number of nitrogens with one attached hydrogen (secondary N) is 2. The fourth-order valence-corrected chi connectivity index (χ4v) is 2.29. The zero-order valence-electron chi connectivity index (χ0n) is 13.1. The molecule has 1 unspecified atom stereocenters. The van der Waals surface area contributed by atoms with Crippen molar-refractivity contribution in [3.63, 3.8) is 0 Å². The Morgan fingerprint density at radius 3 is 2.71 bits per heavy atom. The highest BCUT2D eigenvalue weighted by molar-refractivity contribution is 5.97. The molecular weight excluding hydrogens is 310 g/mol. The molecule has 1 atom stereocenters. The number of aromatic nitrogens is 3. The predicted octanol–water partition coefficient (Wildman–Crippen LogP) is 2.37. The molecule has 0 aliphatic carbocycles. The summed E-state index contributed by atoms with van der Waals surface area (Å²) in [5, 5.41) is 0.468. The summed E-state index contributed by atoms with van der Waals surface area (Å²) in [6, 6.07) is 8.34. The first-order valence-electron chi connectivity index (χ1n) is 7.35. The number of H-pyrrole nitrogens is 2. The third kappa shape index (κ3) is 2.96. The van der Waals surface area contributed by atoms with Crippen LogP contribution in [0.3, 0.4) is 0 Å². The monoisotopic (exact) mass is 325 g/mol. The van der Waals surface area contributed by atoms with Crippen molar-refractivity contribution in [3.8, 4) is 0 Å². The van der Waals surface area contributed by atoms with Gasteiger partial charge in [0.05, 0.1) is 10.9 Å². The molecule has 0 aliphatic heterocycles. The highest BCUT2D eigenvalue weighted by atomic mass is 16.5. The smallest absolute Gasteiger partial charge is 0.355 e. The van der Waals surface area contributed by atoms with Crippen LogP contribution in [-0.2, 0) is 4.74 Å². The Hall–Kier alpha value is -3.22. The van der Waals surface area contributed by atoms with E-state index in [1.807, 2.05) is 0 Å². The lowest BCUT2D eigenvalue weighted by Crippen LogP contribution is -2.17. The number of para-hydroxylation sites is 1. The van der Waals surface area contributed by atoms with E-state index in [9.17, 15) is 14.4 Å². The van der Waals surface area contributed by atoms with Gasteiger partial charge in [0.15, 0.2) is 17.7 Å². The molecule has 0 saturated carbocycles. The van der Waals surface area contributed by atoms with Crippen molar-refractivity contribution in [2.75, 3.05) is 0 Å². The Morgan fingerprint density at radius 1 is 1.25 bits per heavy atom. The number of nitrogens with zero attached hydrogens (tertiary/aromatic N) is 1. The van der Waals surface area contributed by atoms with Crippen LogP contribution < -0.4 is 5.56 Å². The normalized spacial score (nSPS) is 12.1. The second-order valence-electron chi connectivity index (χ2n) is 5.37. The number of rotatable bonds is 4. The second-order valence-corrected chi connectivity index (χ2v) is 5.37. The molecule has 0 spiro atoms. The van der Waals surface area contributed by atoms with Gasteiger partial charge in [-0.25, -0.2) is 9.78 Å². The van der Waals surface area contributed by atoms with Crippen LogP contribution in [0.2, 0.25) is 0 Å². The Balaban J connectivity index is 1.83. The van der Waals surface area contributed by atoms with Crippen LogP contribution >= 0.6 is 0 Å². The summed E-state index contributed by atoms with van der Waals surface area (Å²) in [5.41, 5.74) is 0.789. The van der Waals surface area contributed by atoms with Gasteiger partial charge in [-0.05, 0) is 32.0 Å². The molecule has 0 aliphatic rings. The number of aromatic amines is 2. The quantitative estimate of drug-likeness (QED) is 0.566. The van der Waals surface area contributed by atoms with Crippen molar-refractivity contribution in [1.29, 1.82) is 0 Å². The number of carbonyl (C=O) groups is 2. The van der Waals surface area contributed by atoms with Gasteiger partial charge in [0.1, 0.15) is 5.69 Å². The first-order chi connectivity index (χ1) is 11.5. The van der Waals surface area contributed by atoms with Crippen LogP contribution in [0, 0.1) is 0 Å². The highest BCUT2D eigenvalue weighted by Crippen LogP contribution is 2.16. The number of Topliss-reactive ketones (excluding diaryl/α,β-unsaturated/α-hetero) is 1. The summed E-state index contributed by atoms with van der Waals surface area (Å²) in [4.78, 5) is 45.1. The van der Waals surface area contributed by atoms with E-state index < -0.39 is 12.1 Å². The number of hydrogen-bond acceptors (Lipinski definition) is 5. The first kappa shape index (κ1) is 15.7. The maximum atomic E-state index is 12.1. The van der Waals surface area contributed by atoms with E-state index in [-0.39, 0.29) is 22.9 Å². The van der Waals surface area contributed by atoms with E-state index in [4.69, 9.17) is 4.74 Å². The molecule has 3 rings (SSSR count). The lowest BCUT2D eigenvalue weighted by Gasteiger charge is -2.12. The summed E-state index contributed by atoms with van der Waals surface area (Å²) in [7, 11) is 0. The van der Waals surface area contributed by atoms with Gasteiger partial charge in [0, 0.05) is 11.8 Å². The Bertz CT molecular complexity index is 987. The summed E-state index contributed by atoms with van der Waals surface area (Å²) >= 11 is 0. The molecular formula is C17H15N3O4. The Labute approximate surface area is 136 Å². The number of ether oxygens (including phenoxy) is 1. The van der Waals surface area contributed by atoms with Crippen molar-refractivity contribution in [3.05, 3.63) is 64.0 Å². The first-order valence-corrected chi connectivity index (χ1v) is 7.35. The minimum atomic E-state index is -0.751. The van der Waals surface area contributed by atoms with E-state index in [2.05, 4.69) is 15.0 Å². The Kier molecular flexibility index (Phi) is 3.99. The number of carbonyl (C=O) groups excluding carboxylic acids is 2. The topological polar surface area (TPSA) is 105 Å². The molecule has 0 fully saturated rings. The van der Waals surface area contributed by atoms with E-state index in [0.29, 0.717) is 16.5 Å². The standard InChI is InChI=1S/C17H15N3O4/c1-9(21)11-7-14(18-8-11)17(23)24-10(2)15-19-13-6-4-3-5-12(13)16(22)20-15/h3-8,10,18H,1-2H3,(H,19,20,22). The molecule has 7 heteroatoms. The van der Waals surface area contributed by atoms with E-state index in [0.717, 1.165) is 0 Å². The van der Waals surface area contributed by atoms with Gasteiger partial charge in [0.25, 0.3) is 5.56 Å². The maximum absolute atomic E-state index is 12.1. The van der Waals surface area contributed by atoms with Crippen LogP contribution in [-0.4, -0.2) is 26.7 Å². The summed E-state index contributed by atoms with van der Waals surface area (Å²) in [6.07, 6.45) is 0.693. The van der Waals surface area contributed by atoms with Crippen LogP contribution in [0.1, 0.15) is 46.6 Å². The number of esters is 1. The fraction of sp³-hybridized carbons (Fsp3) is 0.176. The van der Waals surface area contributed by atoms with Crippen LogP contribution in [0.15, 0.2) is 41.3 Å². The fourth-order valence-electron chi connectivity index (χ4n) is 2.29. The van der Waals surface area contributed by atoms with Gasteiger partial charge in [-0.1, -0.05) is 12.1 Å². The lowest BCUT2D eigenvalue weighted by atomic mass is 10.2. The zero-order valence-corrected chi connectivity index (χ0v) is 13.1. The van der Waals surface area contributed by atoms with E-state index in [1.54, 1.807) is 31.2 Å². The average Bonchev–Trinajstić information content (AvgIpc) is 3.05. The van der Waals surface area contributed by atoms with Crippen LogP contribution in [0.5, 0.6) is 0 Å². The number of ketones is 1. The molecule has 2 heterocycles. The van der Waals surface area contributed by atoms with Crippen LogP contribution in [0.25, 0.3) is 10.9 Å². The molecule has 0 radical (unpaired) electrons. The minimum absolute atomic E-state index is 0.154. The molecule has 1 aromatic carbocycles. The van der Waals surface area contributed by atoms with Gasteiger partial charge in [-0.3, -0.25) is 9.59 Å². The number of hydrogen-bond donors (Lipinski definition) is 2. The van der Waals surface area contributed by atoms with Gasteiger partial charge in [0.2, 0.25) is 0 Å². The highest BCUT2D eigenvalue weighted by Gasteiger charge is 2.18. The Morgan fingerprint density at radius 2 is 2.00 bits per heavy atom. The SMILES string of the molecule is CC(=O)c1c[nH]c(C(=O)OC(C)c2nc3ccccc3c(=O)[nH]2)c1. The van der Waals surface area contributed by atoms with Crippen molar-refractivity contribution >= 4 is 22.7 Å². The molecule has 0 amide bonds.